The van der Waals surface area contributed by atoms with Crippen LogP contribution in [0.1, 0.15) is 44.9 Å². The Morgan fingerprint density at radius 3 is 2.30 bits per heavy atom. The summed E-state index contributed by atoms with van der Waals surface area (Å²) in [6.45, 7) is 0.964. The SMILES string of the molecule is O=C(O)C1CC12CCN(C(=O)C1CCCC(C(F)(F)F)C1)CC2. The van der Waals surface area contributed by atoms with Crippen LogP contribution in [-0.2, 0) is 9.59 Å². The molecule has 3 atom stereocenters. The molecule has 3 fully saturated rings. The third-order valence-corrected chi connectivity index (χ3v) is 6.05. The molecule has 0 aromatic heterocycles. The van der Waals surface area contributed by atoms with Gasteiger partial charge < -0.3 is 10.0 Å². The van der Waals surface area contributed by atoms with Gasteiger partial charge in [0, 0.05) is 19.0 Å². The topological polar surface area (TPSA) is 57.6 Å². The lowest BCUT2D eigenvalue weighted by molar-refractivity contribution is -0.187. The van der Waals surface area contributed by atoms with E-state index in [0.29, 0.717) is 45.2 Å². The van der Waals surface area contributed by atoms with Crippen LogP contribution in [0.3, 0.4) is 0 Å². The van der Waals surface area contributed by atoms with Crippen LogP contribution in [0.4, 0.5) is 13.2 Å². The van der Waals surface area contributed by atoms with Gasteiger partial charge in [-0.15, -0.1) is 0 Å². The van der Waals surface area contributed by atoms with Gasteiger partial charge in [0.1, 0.15) is 0 Å². The van der Waals surface area contributed by atoms with Crippen molar-refractivity contribution in [3.8, 4) is 0 Å². The highest BCUT2D eigenvalue weighted by atomic mass is 19.4. The van der Waals surface area contributed by atoms with Crippen molar-refractivity contribution in [2.45, 2.75) is 51.1 Å². The second-order valence-electron chi connectivity index (χ2n) is 7.38. The number of hydrogen-bond acceptors (Lipinski definition) is 2. The number of rotatable bonds is 2. The van der Waals surface area contributed by atoms with Gasteiger partial charge in [-0.05, 0) is 43.9 Å². The zero-order valence-corrected chi connectivity index (χ0v) is 12.9. The van der Waals surface area contributed by atoms with Crippen molar-refractivity contribution in [1.29, 1.82) is 0 Å². The maximum absolute atomic E-state index is 12.9. The first-order valence-electron chi connectivity index (χ1n) is 8.31. The van der Waals surface area contributed by atoms with Crippen LogP contribution in [-0.4, -0.2) is 41.1 Å². The van der Waals surface area contributed by atoms with Crippen molar-refractivity contribution in [2.75, 3.05) is 13.1 Å². The number of hydrogen-bond donors (Lipinski definition) is 1. The number of nitrogens with zero attached hydrogens (tertiary/aromatic N) is 1. The van der Waals surface area contributed by atoms with Crippen molar-refractivity contribution in [3.63, 3.8) is 0 Å². The van der Waals surface area contributed by atoms with E-state index in [1.54, 1.807) is 4.90 Å². The smallest absolute Gasteiger partial charge is 0.391 e. The average Bonchev–Trinajstić information content (AvgIpc) is 3.21. The molecule has 23 heavy (non-hydrogen) atoms. The van der Waals surface area contributed by atoms with Gasteiger partial charge >= 0.3 is 12.1 Å². The van der Waals surface area contributed by atoms with Crippen LogP contribution in [0.25, 0.3) is 0 Å². The highest BCUT2D eigenvalue weighted by molar-refractivity contribution is 5.79. The minimum absolute atomic E-state index is 0.0955. The predicted molar refractivity (Wildman–Crippen MR) is 75.5 cm³/mol. The van der Waals surface area contributed by atoms with Crippen LogP contribution < -0.4 is 0 Å². The van der Waals surface area contributed by atoms with E-state index in [1.165, 1.54) is 0 Å². The van der Waals surface area contributed by atoms with E-state index in [2.05, 4.69) is 0 Å². The van der Waals surface area contributed by atoms with E-state index < -0.39 is 24.0 Å². The Morgan fingerprint density at radius 1 is 1.13 bits per heavy atom. The van der Waals surface area contributed by atoms with Gasteiger partial charge in [0.15, 0.2) is 0 Å². The molecule has 130 valence electrons. The zero-order chi connectivity index (χ0) is 16.8. The average molecular weight is 333 g/mol. The van der Waals surface area contributed by atoms with Crippen LogP contribution >= 0.6 is 0 Å². The first kappa shape index (κ1) is 16.6. The van der Waals surface area contributed by atoms with E-state index in [1.807, 2.05) is 0 Å². The fourth-order valence-corrected chi connectivity index (χ4v) is 4.39. The molecular weight excluding hydrogens is 311 g/mol. The molecular formula is C16H22F3NO3. The van der Waals surface area contributed by atoms with Gasteiger partial charge in [-0.3, -0.25) is 9.59 Å². The summed E-state index contributed by atoms with van der Waals surface area (Å²) in [7, 11) is 0. The van der Waals surface area contributed by atoms with E-state index in [0.717, 1.165) is 0 Å². The number of carboxylic acids is 1. The minimum Gasteiger partial charge on any atom is -0.481 e. The second kappa shape index (κ2) is 5.67. The van der Waals surface area contributed by atoms with Crippen molar-refractivity contribution in [3.05, 3.63) is 0 Å². The molecule has 0 aromatic carbocycles. The molecule has 1 N–H and O–H groups in total. The Bertz CT molecular complexity index is 497. The molecule has 0 bridgehead atoms. The number of carbonyl (C=O) groups is 2. The molecule has 1 amide bonds. The molecule has 1 saturated heterocycles. The molecule has 2 saturated carbocycles. The maximum Gasteiger partial charge on any atom is 0.391 e. The lowest BCUT2D eigenvalue weighted by Gasteiger charge is -2.37. The number of carbonyl (C=O) groups excluding carboxylic acids is 1. The highest BCUT2D eigenvalue weighted by Gasteiger charge is 2.59. The number of aliphatic carboxylic acids is 1. The van der Waals surface area contributed by atoms with Gasteiger partial charge in [-0.2, -0.15) is 13.2 Å². The Labute approximate surface area is 133 Å². The minimum atomic E-state index is -4.21. The number of carboxylic acid groups (broad SMARTS) is 1. The number of amides is 1. The second-order valence-corrected chi connectivity index (χ2v) is 7.38. The van der Waals surface area contributed by atoms with Crippen molar-refractivity contribution >= 4 is 11.9 Å². The molecule has 3 aliphatic rings. The van der Waals surface area contributed by atoms with Crippen molar-refractivity contribution < 1.29 is 27.9 Å². The van der Waals surface area contributed by atoms with E-state index in [9.17, 15) is 22.8 Å². The molecule has 4 nitrogen and oxygen atoms in total. The number of likely N-dealkylation sites (tertiary alicyclic amines) is 1. The summed E-state index contributed by atoms with van der Waals surface area (Å²) in [4.78, 5) is 25.2. The lowest BCUT2D eigenvalue weighted by Crippen LogP contribution is -2.44. The molecule has 2 aliphatic carbocycles. The van der Waals surface area contributed by atoms with Crippen LogP contribution in [0, 0.1) is 23.2 Å². The summed E-state index contributed by atoms with van der Waals surface area (Å²) in [6.07, 6.45) is -1.23. The zero-order valence-electron chi connectivity index (χ0n) is 12.9. The molecule has 0 aromatic rings. The summed E-state index contributed by atoms with van der Waals surface area (Å²) in [5, 5.41) is 9.07. The highest BCUT2D eigenvalue weighted by Crippen LogP contribution is 2.59. The molecule has 1 aliphatic heterocycles. The monoisotopic (exact) mass is 333 g/mol. The number of halogens is 3. The number of alkyl halides is 3. The summed E-state index contributed by atoms with van der Waals surface area (Å²) in [5.74, 6) is -3.13. The summed E-state index contributed by atoms with van der Waals surface area (Å²) in [6, 6.07) is 0. The summed E-state index contributed by atoms with van der Waals surface area (Å²) in [5.41, 5.74) is -0.163. The van der Waals surface area contributed by atoms with E-state index >= 15 is 0 Å². The number of piperidine rings is 1. The van der Waals surface area contributed by atoms with E-state index in [-0.39, 0.29) is 30.1 Å². The normalized spacial score (nSPS) is 33.5. The summed E-state index contributed by atoms with van der Waals surface area (Å²) >= 11 is 0. The molecule has 3 unspecified atom stereocenters. The predicted octanol–water partition coefficient (Wildman–Crippen LogP) is 3.07. The Morgan fingerprint density at radius 2 is 1.78 bits per heavy atom. The standard InChI is InChI=1S/C16H22F3NO3/c17-16(18,19)11-3-1-2-10(8-11)13(21)20-6-4-15(5-7-20)9-12(15)14(22)23/h10-12H,1-9H2,(H,22,23). The maximum atomic E-state index is 12.9. The quantitative estimate of drug-likeness (QED) is 0.845. The first-order chi connectivity index (χ1) is 10.7. The lowest BCUT2D eigenvalue weighted by atomic mass is 9.80. The van der Waals surface area contributed by atoms with Gasteiger partial charge in [-0.25, -0.2) is 0 Å². The van der Waals surface area contributed by atoms with Gasteiger partial charge in [0.25, 0.3) is 0 Å². The Hall–Kier alpha value is -1.27. The van der Waals surface area contributed by atoms with Crippen molar-refractivity contribution in [2.24, 2.45) is 23.2 Å². The van der Waals surface area contributed by atoms with Crippen LogP contribution in [0.15, 0.2) is 0 Å². The molecule has 0 radical (unpaired) electrons. The third-order valence-electron chi connectivity index (χ3n) is 6.05. The van der Waals surface area contributed by atoms with Crippen LogP contribution in [0.5, 0.6) is 0 Å². The molecule has 1 heterocycles. The van der Waals surface area contributed by atoms with E-state index in [4.69, 9.17) is 5.11 Å². The van der Waals surface area contributed by atoms with Crippen molar-refractivity contribution in [1.82, 2.24) is 4.90 Å². The van der Waals surface area contributed by atoms with Crippen LogP contribution in [0.2, 0.25) is 0 Å². The molecule has 7 heteroatoms. The fourth-order valence-electron chi connectivity index (χ4n) is 4.39. The van der Waals surface area contributed by atoms with Gasteiger partial charge in [0.2, 0.25) is 5.91 Å². The first-order valence-corrected chi connectivity index (χ1v) is 8.31. The third kappa shape index (κ3) is 3.19. The summed E-state index contributed by atoms with van der Waals surface area (Å²) < 4.78 is 38.6. The Balaban J connectivity index is 1.55. The largest absolute Gasteiger partial charge is 0.481 e. The van der Waals surface area contributed by atoms with Gasteiger partial charge in [0.05, 0.1) is 11.8 Å². The molecule has 3 rings (SSSR count). The Kier molecular flexibility index (Phi) is 4.09. The van der Waals surface area contributed by atoms with Gasteiger partial charge in [-0.1, -0.05) is 6.42 Å². The molecule has 1 spiro atoms. The fraction of sp³-hybridized carbons (Fsp3) is 0.875.